The zero-order valence-electron chi connectivity index (χ0n) is 12.4. The van der Waals surface area contributed by atoms with Crippen molar-refractivity contribution in [2.75, 3.05) is 7.05 Å². The summed E-state index contributed by atoms with van der Waals surface area (Å²) in [5.41, 5.74) is 1.92. The first-order valence-electron chi connectivity index (χ1n) is 6.70. The van der Waals surface area contributed by atoms with Crippen molar-refractivity contribution >= 4 is 5.91 Å². The van der Waals surface area contributed by atoms with Gasteiger partial charge in [0.15, 0.2) is 0 Å². The lowest BCUT2D eigenvalue weighted by Crippen LogP contribution is -2.26. The first-order valence-corrected chi connectivity index (χ1v) is 6.70. The highest BCUT2D eigenvalue weighted by molar-refractivity contribution is 5.89. The van der Waals surface area contributed by atoms with E-state index in [9.17, 15) is 4.79 Å². The van der Waals surface area contributed by atoms with Gasteiger partial charge in [0, 0.05) is 31.9 Å². The van der Waals surface area contributed by atoms with E-state index in [4.69, 9.17) is 4.42 Å². The zero-order chi connectivity index (χ0) is 15.2. The molecule has 2 heterocycles. The van der Waals surface area contributed by atoms with Crippen molar-refractivity contribution < 1.29 is 9.21 Å². The van der Waals surface area contributed by atoms with Gasteiger partial charge in [-0.25, -0.2) is 0 Å². The molecule has 0 atom stereocenters. The molecule has 0 fully saturated rings. The predicted octanol–water partition coefficient (Wildman–Crippen LogP) is 2.16. The normalized spacial score (nSPS) is 11.0. The lowest BCUT2D eigenvalue weighted by Gasteiger charge is -2.14. The van der Waals surface area contributed by atoms with Gasteiger partial charge in [-0.2, -0.15) is 0 Å². The summed E-state index contributed by atoms with van der Waals surface area (Å²) in [7, 11) is 1.70. The van der Waals surface area contributed by atoms with Gasteiger partial charge in [0.05, 0.1) is 0 Å². The molecule has 1 amide bonds. The molecule has 0 unspecified atom stereocenters. The third-order valence-electron chi connectivity index (χ3n) is 2.91. The number of aryl methyl sites for hydroxylation is 1. The molecule has 110 valence electrons. The second kappa shape index (κ2) is 6.78. The van der Waals surface area contributed by atoms with E-state index in [0.717, 1.165) is 11.3 Å². The van der Waals surface area contributed by atoms with Crippen LogP contribution in [0.1, 0.15) is 34.8 Å². The molecule has 0 aliphatic rings. The average molecular weight is 286 g/mol. The molecule has 2 rings (SSSR count). The molecule has 0 saturated heterocycles. The minimum Gasteiger partial charge on any atom is -0.417 e. The molecule has 0 N–H and O–H groups in total. The van der Waals surface area contributed by atoms with Gasteiger partial charge < -0.3 is 9.32 Å². The monoisotopic (exact) mass is 286 g/mol. The van der Waals surface area contributed by atoms with Gasteiger partial charge in [0.2, 0.25) is 5.89 Å². The summed E-state index contributed by atoms with van der Waals surface area (Å²) in [4.78, 5) is 17.9. The van der Waals surface area contributed by atoms with Crippen LogP contribution in [0.15, 0.2) is 34.9 Å². The molecule has 2 aromatic heterocycles. The molecule has 0 aliphatic heterocycles. The van der Waals surface area contributed by atoms with E-state index in [0.29, 0.717) is 18.9 Å². The highest BCUT2D eigenvalue weighted by atomic mass is 16.4. The molecule has 0 aliphatic carbocycles. The Morgan fingerprint density at radius 1 is 1.43 bits per heavy atom. The van der Waals surface area contributed by atoms with Crippen molar-refractivity contribution in [1.82, 2.24) is 20.1 Å². The van der Waals surface area contributed by atoms with Gasteiger partial charge in [-0.3, -0.25) is 9.78 Å². The molecule has 21 heavy (non-hydrogen) atoms. The van der Waals surface area contributed by atoms with E-state index in [1.807, 2.05) is 38.1 Å². The molecule has 0 bridgehead atoms. The molecule has 2 aromatic rings. The SMILES string of the molecule is CC=CCc1nnc(C(=O)N(C)Cc2ccnc(C)c2)o1. The number of nitrogens with zero attached hydrogens (tertiary/aromatic N) is 4. The first kappa shape index (κ1) is 14.9. The molecule has 0 radical (unpaired) electrons. The summed E-state index contributed by atoms with van der Waals surface area (Å²) >= 11 is 0. The fraction of sp³-hybridized carbons (Fsp3) is 0.333. The number of carbonyl (C=O) groups excluding carboxylic acids is 1. The second-order valence-electron chi connectivity index (χ2n) is 4.74. The Labute approximate surface area is 123 Å². The number of rotatable bonds is 5. The topological polar surface area (TPSA) is 72.1 Å². The first-order chi connectivity index (χ1) is 10.1. The number of hydrogen-bond donors (Lipinski definition) is 0. The van der Waals surface area contributed by atoms with Crippen LogP contribution in [-0.2, 0) is 13.0 Å². The van der Waals surface area contributed by atoms with Gasteiger partial charge in [0.25, 0.3) is 0 Å². The van der Waals surface area contributed by atoms with E-state index in [1.165, 1.54) is 0 Å². The van der Waals surface area contributed by atoms with Crippen LogP contribution in [0, 0.1) is 6.92 Å². The van der Waals surface area contributed by atoms with Gasteiger partial charge in [-0.05, 0) is 31.5 Å². The minimum atomic E-state index is -0.288. The van der Waals surface area contributed by atoms with Crippen molar-refractivity contribution in [3.05, 3.63) is 53.5 Å². The van der Waals surface area contributed by atoms with E-state index >= 15 is 0 Å². The van der Waals surface area contributed by atoms with Crippen LogP contribution in [0.5, 0.6) is 0 Å². The third-order valence-corrected chi connectivity index (χ3v) is 2.91. The number of hydrogen-bond acceptors (Lipinski definition) is 5. The minimum absolute atomic E-state index is 0.0165. The fourth-order valence-electron chi connectivity index (χ4n) is 1.85. The fourth-order valence-corrected chi connectivity index (χ4v) is 1.85. The summed E-state index contributed by atoms with van der Waals surface area (Å²) in [5, 5.41) is 7.65. The van der Waals surface area contributed by atoms with Crippen molar-refractivity contribution in [3.63, 3.8) is 0 Å². The van der Waals surface area contributed by atoms with Gasteiger partial charge in [-0.15, -0.1) is 10.2 Å². The summed E-state index contributed by atoms with van der Waals surface area (Å²) < 4.78 is 5.35. The maximum Gasteiger partial charge on any atom is 0.311 e. The van der Waals surface area contributed by atoms with Crippen molar-refractivity contribution in [1.29, 1.82) is 0 Å². The van der Waals surface area contributed by atoms with E-state index in [-0.39, 0.29) is 11.8 Å². The highest BCUT2D eigenvalue weighted by Crippen LogP contribution is 2.09. The summed E-state index contributed by atoms with van der Waals surface area (Å²) in [6.45, 7) is 4.29. The largest absolute Gasteiger partial charge is 0.417 e. The van der Waals surface area contributed by atoms with Crippen LogP contribution >= 0.6 is 0 Å². The van der Waals surface area contributed by atoms with Crippen LogP contribution in [-0.4, -0.2) is 33.0 Å². The van der Waals surface area contributed by atoms with E-state index in [2.05, 4.69) is 15.2 Å². The molecular weight excluding hydrogens is 268 g/mol. The van der Waals surface area contributed by atoms with Crippen LogP contribution in [0.4, 0.5) is 0 Å². The van der Waals surface area contributed by atoms with Crippen molar-refractivity contribution in [3.8, 4) is 0 Å². The van der Waals surface area contributed by atoms with Crippen LogP contribution in [0.2, 0.25) is 0 Å². The van der Waals surface area contributed by atoms with Crippen molar-refractivity contribution in [2.45, 2.75) is 26.8 Å². The molecule has 6 heteroatoms. The number of amides is 1. The Morgan fingerprint density at radius 2 is 2.24 bits per heavy atom. The smallest absolute Gasteiger partial charge is 0.311 e. The van der Waals surface area contributed by atoms with Gasteiger partial charge >= 0.3 is 11.8 Å². The molecule has 0 spiro atoms. The number of carbonyl (C=O) groups is 1. The second-order valence-corrected chi connectivity index (χ2v) is 4.74. The summed E-state index contributed by atoms with van der Waals surface area (Å²) in [6.07, 6.45) is 6.05. The Morgan fingerprint density at radius 3 is 2.95 bits per heavy atom. The Balaban J connectivity index is 2.03. The number of aromatic nitrogens is 3. The van der Waals surface area contributed by atoms with E-state index < -0.39 is 0 Å². The Bertz CT molecular complexity index is 649. The van der Waals surface area contributed by atoms with Crippen LogP contribution in [0.25, 0.3) is 0 Å². The van der Waals surface area contributed by atoms with Crippen molar-refractivity contribution in [2.24, 2.45) is 0 Å². The number of pyridine rings is 1. The van der Waals surface area contributed by atoms with Gasteiger partial charge in [-0.1, -0.05) is 12.2 Å². The summed E-state index contributed by atoms with van der Waals surface area (Å²) in [5.74, 6) is 0.163. The average Bonchev–Trinajstić information content (AvgIpc) is 2.93. The predicted molar refractivity (Wildman–Crippen MR) is 77.6 cm³/mol. The van der Waals surface area contributed by atoms with E-state index in [1.54, 1.807) is 18.1 Å². The third kappa shape index (κ3) is 3.98. The van der Waals surface area contributed by atoms with Gasteiger partial charge in [0.1, 0.15) is 0 Å². The quantitative estimate of drug-likeness (QED) is 0.788. The molecular formula is C15H18N4O2. The maximum atomic E-state index is 12.2. The lowest BCUT2D eigenvalue weighted by molar-refractivity contribution is 0.0743. The molecule has 0 saturated carbocycles. The maximum absolute atomic E-state index is 12.2. The van der Waals surface area contributed by atoms with Crippen LogP contribution < -0.4 is 0 Å². The number of allylic oxidation sites excluding steroid dienone is 2. The standard InChI is InChI=1S/C15H18N4O2/c1-4-5-6-13-17-18-14(21-13)15(20)19(3)10-12-7-8-16-11(2)9-12/h4-5,7-9H,6,10H2,1-3H3. The Hall–Kier alpha value is -2.50. The highest BCUT2D eigenvalue weighted by Gasteiger charge is 2.19. The zero-order valence-corrected chi connectivity index (χ0v) is 12.4. The molecule has 6 nitrogen and oxygen atoms in total. The van der Waals surface area contributed by atoms with Crippen LogP contribution in [0.3, 0.4) is 0 Å². The Kier molecular flexibility index (Phi) is 4.81. The molecule has 0 aromatic carbocycles. The summed E-state index contributed by atoms with van der Waals surface area (Å²) in [6, 6.07) is 3.82. The lowest BCUT2D eigenvalue weighted by atomic mass is 10.2.